The standard InChI is InChI=1S/C32H29N3O8S/c1-20-28(31(37)42-15-14-40-2)29(23-12-13-25(26(18-23)41-3)43-19-21-8-5-4-6-9-21)34-30(36)27(44-32(34)33-20)17-22-10-7-11-24(16-22)35(38)39/h4-13,16-18,29H,14-15,19H2,1-3H3. The number of methoxy groups -OCH3 is 2. The van der Waals surface area contributed by atoms with Crippen LogP contribution in [0.2, 0.25) is 0 Å². The predicted molar refractivity (Wildman–Crippen MR) is 163 cm³/mol. The van der Waals surface area contributed by atoms with Crippen LogP contribution in [0.5, 0.6) is 11.5 Å². The molecule has 226 valence electrons. The quantitative estimate of drug-likeness (QED) is 0.107. The average Bonchev–Trinajstić information content (AvgIpc) is 3.33. The minimum atomic E-state index is -0.898. The van der Waals surface area contributed by atoms with Gasteiger partial charge in [-0.15, -0.1) is 0 Å². The highest BCUT2D eigenvalue weighted by molar-refractivity contribution is 7.07. The van der Waals surface area contributed by atoms with Crippen LogP contribution in [0.4, 0.5) is 5.69 Å². The number of rotatable bonds is 11. The molecule has 5 rings (SSSR count). The maximum absolute atomic E-state index is 13.9. The van der Waals surface area contributed by atoms with E-state index in [1.54, 1.807) is 43.3 Å². The number of thiazole rings is 1. The van der Waals surface area contributed by atoms with Crippen LogP contribution in [-0.2, 0) is 20.9 Å². The first-order chi connectivity index (χ1) is 21.3. The van der Waals surface area contributed by atoms with Gasteiger partial charge in [-0.05, 0) is 41.8 Å². The third-order valence-electron chi connectivity index (χ3n) is 6.88. The van der Waals surface area contributed by atoms with Crippen LogP contribution in [0.15, 0.2) is 93.9 Å². The number of non-ortho nitro benzene ring substituents is 1. The average molecular weight is 616 g/mol. The number of nitro groups is 1. The summed E-state index contributed by atoms with van der Waals surface area (Å²) in [5, 5.41) is 11.3. The zero-order valence-corrected chi connectivity index (χ0v) is 25.0. The first-order valence-corrected chi connectivity index (χ1v) is 14.4. The molecule has 0 spiro atoms. The summed E-state index contributed by atoms with van der Waals surface area (Å²) in [5.41, 5.74) is 2.11. The fourth-order valence-electron chi connectivity index (χ4n) is 4.78. The van der Waals surface area contributed by atoms with E-state index in [4.69, 9.17) is 18.9 Å². The molecule has 0 saturated carbocycles. The summed E-state index contributed by atoms with van der Waals surface area (Å²) >= 11 is 1.12. The molecule has 0 radical (unpaired) electrons. The van der Waals surface area contributed by atoms with Crippen molar-refractivity contribution < 1.29 is 28.7 Å². The molecule has 0 saturated heterocycles. The number of benzene rings is 3. The smallest absolute Gasteiger partial charge is 0.338 e. The van der Waals surface area contributed by atoms with Gasteiger partial charge >= 0.3 is 5.97 Å². The fourth-order valence-corrected chi connectivity index (χ4v) is 5.83. The van der Waals surface area contributed by atoms with Crippen molar-refractivity contribution in [1.29, 1.82) is 0 Å². The van der Waals surface area contributed by atoms with Gasteiger partial charge in [0.1, 0.15) is 13.2 Å². The highest BCUT2D eigenvalue weighted by Crippen LogP contribution is 2.36. The normalized spacial score (nSPS) is 14.5. The van der Waals surface area contributed by atoms with Crippen molar-refractivity contribution in [2.75, 3.05) is 27.4 Å². The molecule has 44 heavy (non-hydrogen) atoms. The maximum atomic E-state index is 13.9. The van der Waals surface area contributed by atoms with Gasteiger partial charge in [-0.3, -0.25) is 19.5 Å². The minimum Gasteiger partial charge on any atom is -0.493 e. The second kappa shape index (κ2) is 13.5. The van der Waals surface area contributed by atoms with Gasteiger partial charge in [-0.1, -0.05) is 59.9 Å². The third-order valence-corrected chi connectivity index (χ3v) is 7.86. The van der Waals surface area contributed by atoms with Gasteiger partial charge in [0.2, 0.25) is 0 Å². The number of esters is 1. The van der Waals surface area contributed by atoms with E-state index >= 15 is 0 Å². The van der Waals surface area contributed by atoms with Crippen LogP contribution in [0.3, 0.4) is 0 Å². The van der Waals surface area contributed by atoms with Crippen molar-refractivity contribution in [1.82, 2.24) is 4.57 Å². The van der Waals surface area contributed by atoms with E-state index in [-0.39, 0.29) is 24.5 Å². The summed E-state index contributed by atoms with van der Waals surface area (Å²) in [6, 6.07) is 20.0. The molecule has 2 heterocycles. The van der Waals surface area contributed by atoms with Crippen LogP contribution >= 0.6 is 11.3 Å². The van der Waals surface area contributed by atoms with Crippen molar-refractivity contribution >= 4 is 29.1 Å². The topological polar surface area (TPSA) is 131 Å². The Labute approximate surface area is 256 Å². The Balaban J connectivity index is 1.61. The summed E-state index contributed by atoms with van der Waals surface area (Å²) in [6.45, 7) is 2.23. The first-order valence-electron chi connectivity index (χ1n) is 13.6. The molecular formula is C32H29N3O8S. The number of aromatic nitrogens is 1. The molecule has 11 nitrogen and oxygen atoms in total. The summed E-state index contributed by atoms with van der Waals surface area (Å²) in [4.78, 5) is 43.1. The monoisotopic (exact) mass is 615 g/mol. The Bertz CT molecular complexity index is 1910. The van der Waals surface area contributed by atoms with Gasteiger partial charge in [0.25, 0.3) is 11.2 Å². The number of fused-ring (bicyclic) bond motifs is 1. The molecule has 0 aliphatic carbocycles. The second-order valence-electron chi connectivity index (χ2n) is 9.75. The lowest BCUT2D eigenvalue weighted by Crippen LogP contribution is -2.40. The van der Waals surface area contributed by atoms with Gasteiger partial charge in [-0.2, -0.15) is 0 Å². The second-order valence-corrected chi connectivity index (χ2v) is 10.8. The van der Waals surface area contributed by atoms with Crippen LogP contribution in [-0.4, -0.2) is 42.9 Å². The number of ether oxygens (including phenoxy) is 4. The summed E-state index contributed by atoms with van der Waals surface area (Å²) in [7, 11) is 3.02. The fraction of sp³-hybridized carbons (Fsp3) is 0.219. The minimum absolute atomic E-state index is 0.0195. The molecule has 1 unspecified atom stereocenters. The zero-order valence-electron chi connectivity index (χ0n) is 24.2. The van der Waals surface area contributed by atoms with Crippen LogP contribution < -0.4 is 24.4 Å². The predicted octanol–water partition coefficient (Wildman–Crippen LogP) is 3.92. The highest BCUT2D eigenvalue weighted by Gasteiger charge is 2.34. The van der Waals surface area contributed by atoms with Gasteiger partial charge in [0.15, 0.2) is 16.3 Å². The number of hydrogen-bond donors (Lipinski definition) is 0. The Hall–Kier alpha value is -5.07. The number of carbonyl (C=O) groups is 1. The van der Waals surface area contributed by atoms with E-state index < -0.39 is 22.5 Å². The summed E-state index contributed by atoms with van der Waals surface area (Å²) in [6.07, 6.45) is 1.57. The molecule has 0 bridgehead atoms. The summed E-state index contributed by atoms with van der Waals surface area (Å²) in [5.74, 6) is 0.270. The molecule has 1 atom stereocenters. The van der Waals surface area contributed by atoms with Crippen molar-refractivity contribution in [2.45, 2.75) is 19.6 Å². The highest BCUT2D eigenvalue weighted by atomic mass is 32.1. The number of allylic oxidation sites excluding steroid dienone is 1. The largest absolute Gasteiger partial charge is 0.493 e. The molecule has 1 aliphatic heterocycles. The number of nitrogens with zero attached hydrogens (tertiary/aromatic N) is 3. The Morgan fingerprint density at radius 2 is 1.84 bits per heavy atom. The van der Waals surface area contributed by atoms with Crippen molar-refractivity contribution in [2.24, 2.45) is 4.99 Å². The molecule has 0 amide bonds. The Morgan fingerprint density at radius 1 is 1.05 bits per heavy atom. The van der Waals surface area contributed by atoms with Crippen LogP contribution in [0.1, 0.15) is 29.7 Å². The molecule has 3 aromatic carbocycles. The van der Waals surface area contributed by atoms with E-state index in [1.807, 2.05) is 30.3 Å². The van der Waals surface area contributed by atoms with E-state index in [0.29, 0.717) is 44.3 Å². The van der Waals surface area contributed by atoms with E-state index in [1.165, 1.54) is 30.9 Å². The lowest BCUT2D eigenvalue weighted by atomic mass is 9.95. The van der Waals surface area contributed by atoms with Crippen LogP contribution in [0, 0.1) is 10.1 Å². The van der Waals surface area contributed by atoms with E-state index in [9.17, 15) is 19.7 Å². The van der Waals surface area contributed by atoms with Crippen molar-refractivity contribution in [3.63, 3.8) is 0 Å². The SMILES string of the molecule is COCCOC(=O)C1=C(C)N=c2sc(=Cc3cccc([N+](=O)[O-])c3)c(=O)n2C1c1ccc(OCc2ccccc2)c(OC)c1. The Kier molecular flexibility index (Phi) is 9.32. The molecule has 0 fully saturated rings. The molecule has 4 aromatic rings. The molecule has 1 aromatic heterocycles. The first kappa shape index (κ1) is 30.4. The lowest BCUT2D eigenvalue weighted by Gasteiger charge is -2.25. The van der Waals surface area contributed by atoms with E-state index in [2.05, 4.69) is 4.99 Å². The molecule has 0 N–H and O–H groups in total. The number of carbonyl (C=O) groups excluding carboxylic acids is 1. The summed E-state index contributed by atoms with van der Waals surface area (Å²) < 4.78 is 23.9. The maximum Gasteiger partial charge on any atom is 0.338 e. The zero-order chi connectivity index (χ0) is 31.2. The van der Waals surface area contributed by atoms with E-state index in [0.717, 1.165) is 16.9 Å². The van der Waals surface area contributed by atoms with Crippen LogP contribution in [0.25, 0.3) is 6.08 Å². The third kappa shape index (κ3) is 6.46. The Morgan fingerprint density at radius 3 is 2.57 bits per heavy atom. The van der Waals surface area contributed by atoms with Gasteiger partial charge in [0.05, 0.1) is 40.5 Å². The van der Waals surface area contributed by atoms with Gasteiger partial charge < -0.3 is 18.9 Å². The molecule has 1 aliphatic rings. The number of hydrogen-bond acceptors (Lipinski definition) is 10. The van der Waals surface area contributed by atoms with Crippen molar-refractivity contribution in [3.8, 4) is 11.5 Å². The van der Waals surface area contributed by atoms with Crippen molar-refractivity contribution in [3.05, 3.63) is 131 Å². The molecular weight excluding hydrogens is 586 g/mol. The lowest BCUT2D eigenvalue weighted by molar-refractivity contribution is -0.384. The van der Waals surface area contributed by atoms with Gasteiger partial charge in [0, 0.05) is 19.2 Å². The molecule has 12 heteroatoms. The number of nitro benzene ring substituents is 1. The van der Waals surface area contributed by atoms with Gasteiger partial charge in [-0.25, -0.2) is 9.79 Å².